The van der Waals surface area contributed by atoms with Gasteiger partial charge in [-0.05, 0) is 43.7 Å². The average molecular weight is 330 g/mol. The van der Waals surface area contributed by atoms with Gasteiger partial charge in [0.25, 0.3) is 5.91 Å². The maximum absolute atomic E-state index is 12.4. The topological polar surface area (TPSA) is 66.4 Å². The predicted octanol–water partition coefficient (Wildman–Crippen LogP) is 3.76. The standard InChI is InChI=1S/C15H17Cl2NO3/c1-9-5-7-15(8-6-9,14(20)21)18-13(19)12-10(16)3-2-4-11(12)17/h2-4,9H,5-8H2,1H3,(H,18,19)(H,20,21). The highest BCUT2D eigenvalue weighted by molar-refractivity contribution is 6.39. The fourth-order valence-corrected chi connectivity index (χ4v) is 3.21. The highest BCUT2D eigenvalue weighted by Gasteiger charge is 2.43. The molecule has 0 heterocycles. The first-order valence-electron chi connectivity index (χ1n) is 6.85. The summed E-state index contributed by atoms with van der Waals surface area (Å²) in [5, 5.41) is 12.6. The summed E-state index contributed by atoms with van der Waals surface area (Å²) < 4.78 is 0. The molecular formula is C15H17Cl2NO3. The van der Waals surface area contributed by atoms with Gasteiger partial charge >= 0.3 is 5.97 Å². The Balaban J connectivity index is 2.26. The van der Waals surface area contributed by atoms with Crippen molar-refractivity contribution in [2.45, 2.75) is 38.1 Å². The zero-order valence-corrected chi connectivity index (χ0v) is 13.2. The number of benzene rings is 1. The molecule has 0 bridgehead atoms. The number of hydrogen-bond donors (Lipinski definition) is 2. The van der Waals surface area contributed by atoms with Gasteiger partial charge in [-0.25, -0.2) is 4.79 Å². The lowest BCUT2D eigenvalue weighted by Gasteiger charge is -2.36. The van der Waals surface area contributed by atoms with Crippen LogP contribution in [-0.2, 0) is 4.79 Å². The van der Waals surface area contributed by atoms with Gasteiger partial charge in [0.15, 0.2) is 0 Å². The number of carbonyl (C=O) groups is 2. The first kappa shape index (κ1) is 16.1. The molecule has 1 saturated carbocycles. The number of nitrogens with one attached hydrogen (secondary N) is 1. The predicted molar refractivity (Wildman–Crippen MR) is 81.9 cm³/mol. The molecule has 1 fully saturated rings. The molecule has 1 aliphatic rings. The van der Waals surface area contributed by atoms with E-state index in [4.69, 9.17) is 23.2 Å². The Morgan fingerprint density at radius 3 is 2.24 bits per heavy atom. The molecule has 0 atom stereocenters. The van der Waals surface area contributed by atoms with Crippen LogP contribution >= 0.6 is 23.2 Å². The third kappa shape index (κ3) is 3.33. The van der Waals surface area contributed by atoms with E-state index in [0.717, 1.165) is 12.8 Å². The lowest BCUT2D eigenvalue weighted by molar-refractivity contribution is -0.146. The summed E-state index contributed by atoms with van der Waals surface area (Å²) in [6, 6.07) is 4.74. The van der Waals surface area contributed by atoms with Crippen molar-refractivity contribution in [3.63, 3.8) is 0 Å². The Morgan fingerprint density at radius 2 is 1.76 bits per heavy atom. The van der Waals surface area contributed by atoms with Crippen molar-refractivity contribution in [2.75, 3.05) is 0 Å². The van der Waals surface area contributed by atoms with Gasteiger partial charge in [-0.2, -0.15) is 0 Å². The van der Waals surface area contributed by atoms with Crippen molar-refractivity contribution in [2.24, 2.45) is 5.92 Å². The molecule has 114 valence electrons. The second kappa shape index (κ2) is 6.24. The summed E-state index contributed by atoms with van der Waals surface area (Å²) in [5.74, 6) is -1.08. The highest BCUT2D eigenvalue weighted by atomic mass is 35.5. The molecule has 1 aliphatic carbocycles. The van der Waals surface area contributed by atoms with Gasteiger partial charge in [-0.3, -0.25) is 4.79 Å². The molecule has 1 aromatic rings. The van der Waals surface area contributed by atoms with E-state index in [-0.39, 0.29) is 15.6 Å². The fourth-order valence-electron chi connectivity index (χ4n) is 2.64. The van der Waals surface area contributed by atoms with Crippen LogP contribution in [0.1, 0.15) is 43.0 Å². The Kier molecular flexibility index (Phi) is 4.79. The highest BCUT2D eigenvalue weighted by Crippen LogP contribution is 2.33. The molecule has 0 aliphatic heterocycles. The Morgan fingerprint density at radius 1 is 1.24 bits per heavy atom. The van der Waals surface area contributed by atoms with Gasteiger partial charge < -0.3 is 10.4 Å². The molecular weight excluding hydrogens is 313 g/mol. The normalized spacial score (nSPS) is 25.4. The van der Waals surface area contributed by atoms with Crippen molar-refractivity contribution in [1.29, 1.82) is 0 Å². The number of carboxylic acids is 1. The van der Waals surface area contributed by atoms with Crippen LogP contribution in [0.15, 0.2) is 18.2 Å². The van der Waals surface area contributed by atoms with Crippen LogP contribution in [0.3, 0.4) is 0 Å². The lowest BCUT2D eigenvalue weighted by Crippen LogP contribution is -2.56. The fraction of sp³-hybridized carbons (Fsp3) is 0.467. The van der Waals surface area contributed by atoms with E-state index < -0.39 is 17.4 Å². The molecule has 1 aromatic carbocycles. The second-order valence-electron chi connectivity index (χ2n) is 5.62. The van der Waals surface area contributed by atoms with Crippen LogP contribution in [0.5, 0.6) is 0 Å². The van der Waals surface area contributed by atoms with Gasteiger partial charge in [0.2, 0.25) is 0 Å². The van der Waals surface area contributed by atoms with Crippen molar-refractivity contribution >= 4 is 35.1 Å². The van der Waals surface area contributed by atoms with E-state index in [1.165, 1.54) is 0 Å². The van der Waals surface area contributed by atoms with Crippen molar-refractivity contribution in [3.8, 4) is 0 Å². The maximum atomic E-state index is 12.4. The summed E-state index contributed by atoms with van der Waals surface area (Å²) in [6.07, 6.45) is 2.36. The molecule has 2 rings (SSSR count). The smallest absolute Gasteiger partial charge is 0.329 e. The number of hydrogen-bond acceptors (Lipinski definition) is 2. The van der Waals surface area contributed by atoms with Crippen LogP contribution in [0.2, 0.25) is 10.0 Å². The van der Waals surface area contributed by atoms with Gasteiger partial charge in [0.1, 0.15) is 5.54 Å². The van der Waals surface area contributed by atoms with E-state index in [1.807, 2.05) is 0 Å². The first-order chi connectivity index (χ1) is 9.85. The number of rotatable bonds is 3. The zero-order valence-electron chi connectivity index (χ0n) is 11.7. The van der Waals surface area contributed by atoms with E-state index >= 15 is 0 Å². The van der Waals surface area contributed by atoms with E-state index in [9.17, 15) is 14.7 Å². The van der Waals surface area contributed by atoms with E-state index in [1.54, 1.807) is 18.2 Å². The average Bonchev–Trinajstić information content (AvgIpc) is 2.41. The van der Waals surface area contributed by atoms with Crippen LogP contribution in [0.25, 0.3) is 0 Å². The van der Waals surface area contributed by atoms with Crippen molar-refractivity contribution in [1.82, 2.24) is 5.32 Å². The van der Waals surface area contributed by atoms with Crippen LogP contribution in [-0.4, -0.2) is 22.5 Å². The minimum absolute atomic E-state index is 0.125. The molecule has 0 radical (unpaired) electrons. The maximum Gasteiger partial charge on any atom is 0.329 e. The Hall–Kier alpha value is -1.26. The van der Waals surface area contributed by atoms with E-state index in [0.29, 0.717) is 18.8 Å². The van der Waals surface area contributed by atoms with Gasteiger partial charge in [-0.15, -0.1) is 0 Å². The Labute approximate surface area is 133 Å². The Bertz CT molecular complexity index is 546. The number of aliphatic carboxylic acids is 1. The molecule has 0 unspecified atom stereocenters. The van der Waals surface area contributed by atoms with E-state index in [2.05, 4.69) is 12.2 Å². The summed E-state index contributed by atoms with van der Waals surface area (Å²) in [4.78, 5) is 24.0. The quantitative estimate of drug-likeness (QED) is 0.887. The van der Waals surface area contributed by atoms with Crippen LogP contribution in [0, 0.1) is 5.92 Å². The zero-order chi connectivity index (χ0) is 15.6. The summed E-state index contributed by atoms with van der Waals surface area (Å²) in [7, 11) is 0. The van der Waals surface area contributed by atoms with Crippen LogP contribution in [0.4, 0.5) is 0 Å². The second-order valence-corrected chi connectivity index (χ2v) is 6.43. The minimum atomic E-state index is -1.23. The molecule has 21 heavy (non-hydrogen) atoms. The van der Waals surface area contributed by atoms with Gasteiger partial charge in [0.05, 0.1) is 15.6 Å². The summed E-state index contributed by atoms with van der Waals surface area (Å²) in [6.45, 7) is 2.08. The summed E-state index contributed by atoms with van der Waals surface area (Å²) >= 11 is 12.0. The van der Waals surface area contributed by atoms with Gasteiger partial charge in [-0.1, -0.05) is 36.2 Å². The number of halogens is 2. The number of amides is 1. The molecule has 0 spiro atoms. The molecule has 1 amide bonds. The van der Waals surface area contributed by atoms with Crippen molar-refractivity contribution in [3.05, 3.63) is 33.8 Å². The molecule has 4 nitrogen and oxygen atoms in total. The van der Waals surface area contributed by atoms with Gasteiger partial charge in [0, 0.05) is 0 Å². The summed E-state index contributed by atoms with van der Waals surface area (Å²) in [5.41, 5.74) is -1.10. The molecule has 2 N–H and O–H groups in total. The van der Waals surface area contributed by atoms with Crippen LogP contribution < -0.4 is 5.32 Å². The number of carbonyl (C=O) groups excluding carboxylic acids is 1. The molecule has 0 saturated heterocycles. The number of carboxylic acid groups (broad SMARTS) is 1. The molecule has 0 aromatic heterocycles. The SMILES string of the molecule is CC1CCC(NC(=O)c2c(Cl)cccc2Cl)(C(=O)O)CC1. The minimum Gasteiger partial charge on any atom is -0.480 e. The first-order valence-corrected chi connectivity index (χ1v) is 7.61. The third-order valence-electron chi connectivity index (χ3n) is 4.08. The lowest BCUT2D eigenvalue weighted by atomic mass is 9.77. The molecule has 6 heteroatoms. The monoisotopic (exact) mass is 329 g/mol. The third-order valence-corrected chi connectivity index (χ3v) is 4.71. The largest absolute Gasteiger partial charge is 0.480 e. The van der Waals surface area contributed by atoms with Crippen molar-refractivity contribution < 1.29 is 14.7 Å².